The zero-order chi connectivity index (χ0) is 12.8. The first-order valence-electron chi connectivity index (χ1n) is 5.07. The lowest BCUT2D eigenvalue weighted by molar-refractivity contribution is -0.138. The van der Waals surface area contributed by atoms with E-state index in [0.29, 0.717) is 28.6 Å². The van der Waals surface area contributed by atoms with Gasteiger partial charge in [0.1, 0.15) is 0 Å². The van der Waals surface area contributed by atoms with Crippen LogP contribution >= 0.6 is 23.4 Å². The molecule has 0 saturated heterocycles. The lowest BCUT2D eigenvalue weighted by Crippen LogP contribution is -2.08. The van der Waals surface area contributed by atoms with Crippen molar-refractivity contribution in [3.05, 3.63) is 35.4 Å². The van der Waals surface area contributed by atoms with Crippen molar-refractivity contribution in [3.63, 3.8) is 0 Å². The molecular weight excluding hydrogens is 258 g/mol. The summed E-state index contributed by atoms with van der Waals surface area (Å²) in [6.07, 6.45) is 0. The molecular formula is C12H14ClNO2S. The smallest absolute Gasteiger partial charge is 0.334 e. The van der Waals surface area contributed by atoms with Gasteiger partial charge in [0.15, 0.2) is 0 Å². The molecule has 0 fully saturated rings. The average molecular weight is 272 g/mol. The van der Waals surface area contributed by atoms with E-state index in [0.717, 1.165) is 4.90 Å². The third kappa shape index (κ3) is 4.32. The monoisotopic (exact) mass is 271 g/mol. The molecule has 0 aromatic heterocycles. The molecule has 2 N–H and O–H groups in total. The maximum absolute atomic E-state index is 11.3. The van der Waals surface area contributed by atoms with Crippen molar-refractivity contribution in [2.24, 2.45) is 0 Å². The Bertz CT molecular complexity index is 435. The number of halogens is 1. The van der Waals surface area contributed by atoms with E-state index < -0.39 is 0 Å². The second-order valence-corrected chi connectivity index (χ2v) is 4.73. The molecule has 0 aliphatic rings. The average Bonchev–Trinajstić information content (AvgIpc) is 2.27. The Balaban J connectivity index is 2.56. The van der Waals surface area contributed by atoms with Gasteiger partial charge in [-0.3, -0.25) is 0 Å². The Morgan fingerprint density at radius 3 is 2.88 bits per heavy atom. The maximum atomic E-state index is 11.3. The van der Waals surface area contributed by atoms with Crippen LogP contribution in [0.2, 0.25) is 5.02 Å². The fraction of sp³-hybridized carbons (Fsp3) is 0.250. The molecule has 0 bridgehead atoms. The van der Waals surface area contributed by atoms with Crippen LogP contribution in [0.3, 0.4) is 0 Å². The summed E-state index contributed by atoms with van der Waals surface area (Å²) in [6, 6.07) is 5.26. The molecule has 1 rings (SSSR count). The molecule has 5 heteroatoms. The first kappa shape index (κ1) is 13.9. The number of carbonyl (C=O) groups excluding carboxylic acids is 1. The van der Waals surface area contributed by atoms with Crippen molar-refractivity contribution < 1.29 is 9.53 Å². The van der Waals surface area contributed by atoms with E-state index in [-0.39, 0.29) is 5.97 Å². The molecule has 0 radical (unpaired) electrons. The predicted octanol–water partition coefficient (Wildman–Crippen LogP) is 3.13. The molecule has 0 saturated carbocycles. The second kappa shape index (κ2) is 6.57. The molecule has 0 aliphatic carbocycles. The number of benzene rings is 1. The molecule has 17 heavy (non-hydrogen) atoms. The van der Waals surface area contributed by atoms with E-state index in [1.54, 1.807) is 19.1 Å². The minimum absolute atomic E-state index is 0.352. The van der Waals surface area contributed by atoms with Crippen LogP contribution in [-0.4, -0.2) is 18.3 Å². The highest BCUT2D eigenvalue weighted by molar-refractivity contribution is 7.99. The van der Waals surface area contributed by atoms with Crippen molar-refractivity contribution >= 4 is 35.0 Å². The zero-order valence-electron chi connectivity index (χ0n) is 9.53. The quantitative estimate of drug-likeness (QED) is 0.387. The van der Waals surface area contributed by atoms with Gasteiger partial charge in [0.05, 0.1) is 11.6 Å². The molecule has 0 heterocycles. The van der Waals surface area contributed by atoms with Gasteiger partial charge < -0.3 is 10.5 Å². The summed E-state index contributed by atoms with van der Waals surface area (Å²) in [4.78, 5) is 12.2. The van der Waals surface area contributed by atoms with Gasteiger partial charge in [-0.1, -0.05) is 18.2 Å². The zero-order valence-corrected chi connectivity index (χ0v) is 11.1. The fourth-order valence-corrected chi connectivity index (χ4v) is 2.25. The Morgan fingerprint density at radius 1 is 1.59 bits per heavy atom. The van der Waals surface area contributed by atoms with Crippen molar-refractivity contribution in [2.45, 2.75) is 11.8 Å². The van der Waals surface area contributed by atoms with Crippen LogP contribution in [0.15, 0.2) is 35.2 Å². The summed E-state index contributed by atoms with van der Waals surface area (Å²) in [5, 5.41) is 0.576. The summed E-state index contributed by atoms with van der Waals surface area (Å²) >= 11 is 7.44. The van der Waals surface area contributed by atoms with Crippen molar-refractivity contribution in [3.8, 4) is 0 Å². The molecule has 92 valence electrons. The number of hydrogen-bond acceptors (Lipinski definition) is 4. The molecule has 0 amide bonds. The number of anilines is 1. The third-order valence-electron chi connectivity index (χ3n) is 1.92. The number of rotatable bonds is 5. The summed E-state index contributed by atoms with van der Waals surface area (Å²) < 4.78 is 4.84. The van der Waals surface area contributed by atoms with E-state index in [2.05, 4.69) is 6.58 Å². The number of nitrogens with two attached hydrogens (primary N) is 1. The number of carbonyl (C=O) groups is 1. The van der Waals surface area contributed by atoms with Crippen LogP contribution in [0.1, 0.15) is 6.92 Å². The topological polar surface area (TPSA) is 52.3 Å². The Hall–Kier alpha value is -1.13. The summed E-state index contributed by atoms with van der Waals surface area (Å²) in [7, 11) is 0. The molecule has 1 aromatic rings. The van der Waals surface area contributed by atoms with E-state index >= 15 is 0 Å². The largest absolute Gasteiger partial charge is 0.463 e. The number of thioether (sulfide) groups is 1. The van der Waals surface area contributed by atoms with Crippen molar-refractivity contribution in [2.75, 3.05) is 18.1 Å². The molecule has 1 aromatic carbocycles. The SMILES string of the molecule is C=C(CSc1ccc(N)cc1Cl)C(=O)OCC. The first-order chi connectivity index (χ1) is 8.04. The summed E-state index contributed by atoms with van der Waals surface area (Å²) in [5.74, 6) is 0.0780. The molecule has 0 atom stereocenters. The van der Waals surface area contributed by atoms with Gasteiger partial charge in [0.25, 0.3) is 0 Å². The summed E-state index contributed by atoms with van der Waals surface area (Å²) in [5.41, 5.74) is 6.62. The fourth-order valence-electron chi connectivity index (χ4n) is 1.09. The maximum Gasteiger partial charge on any atom is 0.334 e. The van der Waals surface area contributed by atoms with E-state index in [1.807, 2.05) is 6.07 Å². The van der Waals surface area contributed by atoms with E-state index in [4.69, 9.17) is 22.1 Å². The Morgan fingerprint density at radius 2 is 2.29 bits per heavy atom. The standard InChI is InChI=1S/C12H14ClNO2S/c1-3-16-12(15)8(2)7-17-11-5-4-9(14)6-10(11)13/h4-6H,2-3,7,14H2,1H3. The van der Waals surface area contributed by atoms with Crippen LogP contribution < -0.4 is 5.73 Å². The lowest BCUT2D eigenvalue weighted by Gasteiger charge is -2.07. The highest BCUT2D eigenvalue weighted by Gasteiger charge is 2.09. The van der Waals surface area contributed by atoms with E-state index in [9.17, 15) is 4.79 Å². The van der Waals surface area contributed by atoms with Crippen LogP contribution in [0.5, 0.6) is 0 Å². The Kier molecular flexibility index (Phi) is 5.38. The molecule has 0 aliphatic heterocycles. The van der Waals surface area contributed by atoms with Gasteiger partial charge in [0.2, 0.25) is 0 Å². The second-order valence-electron chi connectivity index (χ2n) is 3.30. The lowest BCUT2D eigenvalue weighted by atomic mass is 10.3. The first-order valence-corrected chi connectivity index (χ1v) is 6.43. The molecule has 0 spiro atoms. The highest BCUT2D eigenvalue weighted by atomic mass is 35.5. The van der Waals surface area contributed by atoms with Crippen LogP contribution in [-0.2, 0) is 9.53 Å². The number of ether oxygens (including phenoxy) is 1. The molecule has 0 unspecified atom stereocenters. The van der Waals surface area contributed by atoms with Crippen molar-refractivity contribution in [1.82, 2.24) is 0 Å². The van der Waals surface area contributed by atoms with Gasteiger partial charge in [-0.05, 0) is 25.1 Å². The van der Waals surface area contributed by atoms with Gasteiger partial charge >= 0.3 is 5.97 Å². The number of hydrogen-bond donors (Lipinski definition) is 1. The van der Waals surface area contributed by atoms with Crippen LogP contribution in [0.4, 0.5) is 5.69 Å². The predicted molar refractivity (Wildman–Crippen MR) is 72.4 cm³/mol. The van der Waals surface area contributed by atoms with Gasteiger partial charge in [0, 0.05) is 21.9 Å². The van der Waals surface area contributed by atoms with E-state index in [1.165, 1.54) is 11.8 Å². The highest BCUT2D eigenvalue weighted by Crippen LogP contribution is 2.29. The van der Waals surface area contributed by atoms with Gasteiger partial charge in [-0.2, -0.15) is 0 Å². The third-order valence-corrected chi connectivity index (χ3v) is 3.51. The van der Waals surface area contributed by atoms with Crippen molar-refractivity contribution in [1.29, 1.82) is 0 Å². The Labute approximate surface area is 110 Å². The molecule has 3 nitrogen and oxygen atoms in total. The summed E-state index contributed by atoms with van der Waals surface area (Å²) in [6.45, 7) is 5.78. The minimum Gasteiger partial charge on any atom is -0.463 e. The van der Waals surface area contributed by atoms with Gasteiger partial charge in [-0.25, -0.2) is 4.79 Å². The van der Waals surface area contributed by atoms with Crippen LogP contribution in [0, 0.1) is 0 Å². The minimum atomic E-state index is -0.369. The number of nitrogen functional groups attached to an aromatic ring is 1. The number of esters is 1. The van der Waals surface area contributed by atoms with Gasteiger partial charge in [-0.15, -0.1) is 11.8 Å². The van der Waals surface area contributed by atoms with Crippen LogP contribution in [0.25, 0.3) is 0 Å². The normalized spacial score (nSPS) is 10.0.